The van der Waals surface area contributed by atoms with E-state index < -0.39 is 0 Å². The first-order valence-electron chi connectivity index (χ1n) is 7.08. The minimum absolute atomic E-state index is 0.387. The predicted octanol–water partition coefficient (Wildman–Crippen LogP) is 4.28. The molecule has 0 atom stereocenters. The standard InChI is InChI=1S/C18H13ClN4/c19-16-9-5-4-8-14(16)10-17-15(11-20)18(23-22-17)21-12-13-6-2-1-3-7-13/h1-9,12H,10H2,(H,22,23). The lowest BCUT2D eigenvalue weighted by Crippen LogP contribution is -1.92. The highest BCUT2D eigenvalue weighted by molar-refractivity contribution is 6.31. The molecule has 0 fully saturated rings. The lowest BCUT2D eigenvalue weighted by atomic mass is 10.1. The van der Waals surface area contributed by atoms with Crippen molar-refractivity contribution in [3.05, 3.63) is 82.0 Å². The fourth-order valence-electron chi connectivity index (χ4n) is 2.21. The van der Waals surface area contributed by atoms with Crippen molar-refractivity contribution >= 4 is 23.6 Å². The van der Waals surface area contributed by atoms with E-state index in [1.165, 1.54) is 0 Å². The zero-order valence-corrected chi connectivity index (χ0v) is 13.0. The number of aromatic amines is 1. The molecule has 0 amide bonds. The van der Waals surface area contributed by atoms with Gasteiger partial charge in [-0.05, 0) is 17.2 Å². The molecule has 3 rings (SSSR count). The summed E-state index contributed by atoms with van der Waals surface area (Å²) in [6, 6.07) is 19.4. The molecule has 0 unspecified atom stereocenters. The van der Waals surface area contributed by atoms with Crippen LogP contribution in [-0.4, -0.2) is 16.4 Å². The Hall–Kier alpha value is -2.90. The smallest absolute Gasteiger partial charge is 0.191 e. The van der Waals surface area contributed by atoms with Gasteiger partial charge in [0.1, 0.15) is 11.6 Å². The Morgan fingerprint density at radius 3 is 2.61 bits per heavy atom. The monoisotopic (exact) mass is 320 g/mol. The van der Waals surface area contributed by atoms with Crippen LogP contribution in [0.3, 0.4) is 0 Å². The number of hydrogen-bond acceptors (Lipinski definition) is 3. The predicted molar refractivity (Wildman–Crippen MR) is 91.3 cm³/mol. The van der Waals surface area contributed by atoms with Crippen molar-refractivity contribution in [2.75, 3.05) is 0 Å². The minimum Gasteiger partial charge on any atom is -0.279 e. The number of nitrogens with one attached hydrogen (secondary N) is 1. The zero-order valence-electron chi connectivity index (χ0n) is 12.2. The van der Waals surface area contributed by atoms with Gasteiger partial charge in [0.05, 0.1) is 5.69 Å². The molecule has 2 aromatic carbocycles. The van der Waals surface area contributed by atoms with E-state index in [-0.39, 0.29) is 0 Å². The average Bonchev–Trinajstić information content (AvgIpc) is 2.97. The molecule has 23 heavy (non-hydrogen) atoms. The van der Waals surface area contributed by atoms with Crippen LogP contribution in [0.25, 0.3) is 0 Å². The zero-order chi connectivity index (χ0) is 16.1. The highest BCUT2D eigenvalue weighted by Crippen LogP contribution is 2.24. The first-order chi connectivity index (χ1) is 11.3. The molecule has 5 heteroatoms. The van der Waals surface area contributed by atoms with E-state index in [4.69, 9.17) is 11.6 Å². The van der Waals surface area contributed by atoms with E-state index in [1.807, 2.05) is 54.6 Å². The van der Waals surface area contributed by atoms with Gasteiger partial charge in [-0.25, -0.2) is 4.99 Å². The SMILES string of the molecule is N#Cc1c(N=Cc2ccccc2)n[nH]c1Cc1ccccc1Cl. The Morgan fingerprint density at radius 2 is 1.87 bits per heavy atom. The highest BCUT2D eigenvalue weighted by atomic mass is 35.5. The summed E-state index contributed by atoms with van der Waals surface area (Å²) < 4.78 is 0. The number of halogens is 1. The molecular weight excluding hydrogens is 308 g/mol. The van der Waals surface area contributed by atoms with Gasteiger partial charge in [-0.15, -0.1) is 0 Å². The van der Waals surface area contributed by atoms with E-state index >= 15 is 0 Å². The van der Waals surface area contributed by atoms with Gasteiger partial charge in [0.2, 0.25) is 0 Å². The number of hydrogen-bond donors (Lipinski definition) is 1. The summed E-state index contributed by atoms with van der Waals surface area (Å²) in [7, 11) is 0. The van der Waals surface area contributed by atoms with Crippen molar-refractivity contribution in [2.24, 2.45) is 4.99 Å². The van der Waals surface area contributed by atoms with Crippen molar-refractivity contribution in [2.45, 2.75) is 6.42 Å². The molecule has 0 spiro atoms. The number of aromatic nitrogens is 2. The second-order valence-electron chi connectivity index (χ2n) is 4.95. The molecular formula is C18H13ClN4. The number of nitrogens with zero attached hydrogens (tertiary/aromatic N) is 3. The molecule has 0 radical (unpaired) electrons. The second kappa shape index (κ2) is 6.91. The van der Waals surface area contributed by atoms with Crippen LogP contribution in [0.4, 0.5) is 5.82 Å². The maximum atomic E-state index is 9.42. The summed E-state index contributed by atoms with van der Waals surface area (Å²) in [5.41, 5.74) is 3.04. The third kappa shape index (κ3) is 3.47. The molecule has 3 aromatic rings. The fourth-order valence-corrected chi connectivity index (χ4v) is 2.42. The number of rotatable bonds is 4. The van der Waals surface area contributed by atoms with Crippen LogP contribution in [0.2, 0.25) is 5.02 Å². The molecule has 0 aliphatic heterocycles. The lowest BCUT2D eigenvalue weighted by molar-refractivity contribution is 0.993. The molecule has 1 heterocycles. The molecule has 112 valence electrons. The van der Waals surface area contributed by atoms with Gasteiger partial charge in [-0.3, -0.25) is 5.10 Å². The minimum atomic E-state index is 0.387. The maximum absolute atomic E-state index is 9.42. The Morgan fingerprint density at radius 1 is 1.13 bits per heavy atom. The van der Waals surface area contributed by atoms with Crippen LogP contribution < -0.4 is 0 Å². The van der Waals surface area contributed by atoms with E-state index in [1.54, 1.807) is 6.21 Å². The molecule has 0 aliphatic carbocycles. The van der Waals surface area contributed by atoms with E-state index in [0.29, 0.717) is 28.5 Å². The first kappa shape index (κ1) is 15.0. The quantitative estimate of drug-likeness (QED) is 0.729. The molecule has 4 nitrogen and oxygen atoms in total. The van der Waals surface area contributed by atoms with Gasteiger partial charge in [-0.1, -0.05) is 60.1 Å². The van der Waals surface area contributed by atoms with Crippen molar-refractivity contribution in [3.8, 4) is 6.07 Å². The largest absolute Gasteiger partial charge is 0.279 e. The summed E-state index contributed by atoms with van der Waals surface area (Å²) in [5, 5.41) is 17.1. The van der Waals surface area contributed by atoms with Gasteiger partial charge >= 0.3 is 0 Å². The van der Waals surface area contributed by atoms with Crippen LogP contribution in [-0.2, 0) is 6.42 Å². The number of H-pyrrole nitrogens is 1. The molecule has 0 saturated heterocycles. The van der Waals surface area contributed by atoms with Crippen molar-refractivity contribution in [1.29, 1.82) is 5.26 Å². The van der Waals surface area contributed by atoms with Crippen molar-refractivity contribution in [3.63, 3.8) is 0 Å². The highest BCUT2D eigenvalue weighted by Gasteiger charge is 2.13. The van der Waals surface area contributed by atoms with Gasteiger partial charge in [0, 0.05) is 17.7 Å². The van der Waals surface area contributed by atoms with Gasteiger partial charge in [-0.2, -0.15) is 10.4 Å². The molecule has 1 N–H and O–H groups in total. The van der Waals surface area contributed by atoms with Crippen LogP contribution in [0.1, 0.15) is 22.4 Å². The van der Waals surface area contributed by atoms with E-state index in [2.05, 4.69) is 21.3 Å². The Balaban J connectivity index is 1.87. The number of nitriles is 1. The maximum Gasteiger partial charge on any atom is 0.191 e. The number of aliphatic imine (C=N–C) groups is 1. The van der Waals surface area contributed by atoms with Crippen LogP contribution in [0, 0.1) is 11.3 Å². The van der Waals surface area contributed by atoms with Crippen molar-refractivity contribution in [1.82, 2.24) is 10.2 Å². The third-order valence-corrected chi connectivity index (χ3v) is 3.76. The normalized spacial score (nSPS) is 10.8. The summed E-state index contributed by atoms with van der Waals surface area (Å²) >= 11 is 6.17. The molecule has 0 aliphatic rings. The molecule has 0 saturated carbocycles. The van der Waals surface area contributed by atoms with E-state index in [9.17, 15) is 5.26 Å². The summed E-state index contributed by atoms with van der Waals surface area (Å²) in [5.74, 6) is 0.387. The Bertz CT molecular complexity index is 876. The Labute approximate surface area is 139 Å². The number of benzene rings is 2. The van der Waals surface area contributed by atoms with Gasteiger partial charge < -0.3 is 0 Å². The summed E-state index contributed by atoms with van der Waals surface area (Å²) in [6.45, 7) is 0. The lowest BCUT2D eigenvalue weighted by Gasteiger charge is -2.01. The first-order valence-corrected chi connectivity index (χ1v) is 7.45. The van der Waals surface area contributed by atoms with E-state index in [0.717, 1.165) is 11.1 Å². The van der Waals surface area contributed by atoms with Crippen LogP contribution in [0.5, 0.6) is 0 Å². The second-order valence-corrected chi connectivity index (χ2v) is 5.36. The average molecular weight is 321 g/mol. The topological polar surface area (TPSA) is 64.8 Å². The van der Waals surface area contributed by atoms with Crippen molar-refractivity contribution < 1.29 is 0 Å². The fraction of sp³-hybridized carbons (Fsp3) is 0.0556. The molecule has 1 aromatic heterocycles. The molecule has 0 bridgehead atoms. The Kier molecular flexibility index (Phi) is 4.51. The summed E-state index contributed by atoms with van der Waals surface area (Å²) in [6.07, 6.45) is 2.20. The third-order valence-electron chi connectivity index (χ3n) is 3.39. The van der Waals surface area contributed by atoms with Gasteiger partial charge in [0.25, 0.3) is 0 Å². The summed E-state index contributed by atoms with van der Waals surface area (Å²) in [4.78, 5) is 4.31. The van der Waals surface area contributed by atoms with Gasteiger partial charge in [0.15, 0.2) is 5.82 Å². The van der Waals surface area contributed by atoms with Crippen LogP contribution in [0.15, 0.2) is 59.6 Å². The van der Waals surface area contributed by atoms with Crippen LogP contribution >= 0.6 is 11.6 Å².